The zero-order valence-corrected chi connectivity index (χ0v) is 12.4. The molecular formula is C12H17BrN2O4. The van der Waals surface area contributed by atoms with E-state index in [0.717, 1.165) is 0 Å². The van der Waals surface area contributed by atoms with Crippen LogP contribution < -0.4 is 5.32 Å². The van der Waals surface area contributed by atoms with E-state index in [4.69, 9.17) is 4.74 Å². The molecule has 1 aromatic rings. The quantitative estimate of drug-likeness (QED) is 0.592. The van der Waals surface area contributed by atoms with E-state index in [0.29, 0.717) is 29.7 Å². The highest BCUT2D eigenvalue weighted by atomic mass is 79.9. The summed E-state index contributed by atoms with van der Waals surface area (Å²) in [4.78, 5) is 10.2. The number of rotatable bonds is 7. The number of ether oxygens (including phenoxy) is 1. The summed E-state index contributed by atoms with van der Waals surface area (Å²) in [7, 11) is 1.58. The van der Waals surface area contributed by atoms with Crippen molar-refractivity contribution in [3.63, 3.8) is 0 Å². The lowest BCUT2D eigenvalue weighted by Gasteiger charge is -2.24. The molecule has 6 nitrogen and oxygen atoms in total. The molecule has 1 rings (SSSR count). The molecule has 19 heavy (non-hydrogen) atoms. The lowest BCUT2D eigenvalue weighted by atomic mass is 10.0. The van der Waals surface area contributed by atoms with E-state index in [1.807, 2.05) is 0 Å². The van der Waals surface area contributed by atoms with Crippen molar-refractivity contribution >= 4 is 27.3 Å². The predicted octanol–water partition coefficient (Wildman–Crippen LogP) is 2.56. The van der Waals surface area contributed by atoms with Gasteiger partial charge < -0.3 is 15.2 Å². The van der Waals surface area contributed by atoms with E-state index in [9.17, 15) is 15.2 Å². The first-order valence-corrected chi connectivity index (χ1v) is 6.54. The minimum Gasteiger partial charge on any atom is -0.388 e. The number of methoxy groups -OCH3 is 1. The van der Waals surface area contributed by atoms with Crippen molar-refractivity contribution < 1.29 is 14.8 Å². The van der Waals surface area contributed by atoms with Crippen LogP contribution in [0.4, 0.5) is 11.4 Å². The Balaban J connectivity index is 2.65. The first kappa shape index (κ1) is 15.9. The lowest BCUT2D eigenvalue weighted by Crippen LogP contribution is -2.34. The van der Waals surface area contributed by atoms with E-state index >= 15 is 0 Å². The number of anilines is 1. The van der Waals surface area contributed by atoms with Gasteiger partial charge in [0.05, 0.1) is 10.5 Å². The Morgan fingerprint density at radius 1 is 1.58 bits per heavy atom. The van der Waals surface area contributed by atoms with Crippen molar-refractivity contribution in [3.8, 4) is 0 Å². The van der Waals surface area contributed by atoms with E-state index in [2.05, 4.69) is 21.2 Å². The molecule has 0 bridgehead atoms. The van der Waals surface area contributed by atoms with Gasteiger partial charge in [0.15, 0.2) is 0 Å². The largest absolute Gasteiger partial charge is 0.388 e. The fourth-order valence-electron chi connectivity index (χ4n) is 1.46. The molecule has 0 heterocycles. The van der Waals surface area contributed by atoms with Gasteiger partial charge in [0.2, 0.25) is 0 Å². The van der Waals surface area contributed by atoms with Crippen LogP contribution in [0.15, 0.2) is 22.7 Å². The first-order valence-electron chi connectivity index (χ1n) is 5.75. The minimum absolute atomic E-state index is 0.0172. The van der Waals surface area contributed by atoms with Crippen molar-refractivity contribution in [1.82, 2.24) is 0 Å². The Labute approximate surface area is 120 Å². The number of halogens is 1. The average molecular weight is 333 g/mol. The Hall–Kier alpha value is -1.18. The highest BCUT2D eigenvalue weighted by Crippen LogP contribution is 2.27. The Morgan fingerprint density at radius 2 is 2.26 bits per heavy atom. The number of benzene rings is 1. The van der Waals surface area contributed by atoms with Crippen LogP contribution in [0.3, 0.4) is 0 Å². The van der Waals surface area contributed by atoms with Crippen LogP contribution in [0.2, 0.25) is 0 Å². The molecule has 0 aliphatic rings. The van der Waals surface area contributed by atoms with Gasteiger partial charge in [-0.3, -0.25) is 10.1 Å². The van der Waals surface area contributed by atoms with Gasteiger partial charge in [0, 0.05) is 49.0 Å². The Kier molecular flexibility index (Phi) is 5.71. The van der Waals surface area contributed by atoms with Crippen molar-refractivity contribution in [1.29, 1.82) is 0 Å². The standard InChI is InChI=1S/C12H17BrN2O4/c1-12(16,5-6-19-2)8-14-11-4-3-9(15(17)18)7-10(11)13/h3-4,7,14,16H,5-6,8H2,1-2H3/t12-/m1/s1. The zero-order chi connectivity index (χ0) is 14.5. The summed E-state index contributed by atoms with van der Waals surface area (Å²) in [5.74, 6) is 0. The lowest BCUT2D eigenvalue weighted by molar-refractivity contribution is -0.384. The molecule has 1 aromatic carbocycles. The molecule has 0 aliphatic carbocycles. The molecule has 0 fully saturated rings. The number of nitro groups is 1. The second kappa shape index (κ2) is 6.83. The number of hydrogen-bond donors (Lipinski definition) is 2. The molecule has 0 amide bonds. The summed E-state index contributed by atoms with van der Waals surface area (Å²) in [5.41, 5.74) is -0.191. The van der Waals surface area contributed by atoms with Crippen LogP contribution in [0.25, 0.3) is 0 Å². The molecule has 0 aliphatic heterocycles. The van der Waals surface area contributed by atoms with E-state index in [1.54, 1.807) is 20.1 Å². The molecule has 1 atom stereocenters. The molecule has 0 unspecified atom stereocenters. The zero-order valence-electron chi connectivity index (χ0n) is 10.9. The van der Waals surface area contributed by atoms with E-state index < -0.39 is 10.5 Å². The van der Waals surface area contributed by atoms with Crippen LogP contribution in [0.1, 0.15) is 13.3 Å². The third-order valence-electron chi connectivity index (χ3n) is 2.67. The van der Waals surface area contributed by atoms with Crippen LogP contribution in [-0.4, -0.2) is 35.9 Å². The summed E-state index contributed by atoms with van der Waals surface area (Å²) < 4.78 is 5.51. The fraction of sp³-hybridized carbons (Fsp3) is 0.500. The minimum atomic E-state index is -0.906. The average Bonchev–Trinajstić information content (AvgIpc) is 2.35. The Bertz CT molecular complexity index is 451. The van der Waals surface area contributed by atoms with E-state index in [-0.39, 0.29) is 5.69 Å². The van der Waals surface area contributed by atoms with Crippen LogP contribution in [-0.2, 0) is 4.74 Å². The molecule has 0 saturated heterocycles. The summed E-state index contributed by atoms with van der Waals surface area (Å²) >= 11 is 3.26. The molecule has 0 aromatic heterocycles. The normalized spacial score (nSPS) is 13.9. The maximum absolute atomic E-state index is 10.6. The van der Waals surface area contributed by atoms with Gasteiger partial charge in [-0.1, -0.05) is 0 Å². The topological polar surface area (TPSA) is 84.6 Å². The maximum Gasteiger partial charge on any atom is 0.270 e. The summed E-state index contributed by atoms with van der Waals surface area (Å²) in [6.45, 7) is 2.50. The van der Waals surface area contributed by atoms with Crippen LogP contribution in [0, 0.1) is 10.1 Å². The van der Waals surface area contributed by atoms with Crippen molar-refractivity contribution in [2.75, 3.05) is 25.6 Å². The third-order valence-corrected chi connectivity index (χ3v) is 3.32. The molecule has 7 heteroatoms. The predicted molar refractivity (Wildman–Crippen MR) is 76.4 cm³/mol. The third kappa shape index (κ3) is 5.14. The number of nitrogens with zero attached hydrogens (tertiary/aromatic N) is 1. The van der Waals surface area contributed by atoms with Gasteiger partial charge in [-0.25, -0.2) is 0 Å². The number of hydrogen-bond acceptors (Lipinski definition) is 5. The molecule has 106 valence electrons. The van der Waals surface area contributed by atoms with Crippen LogP contribution >= 0.6 is 15.9 Å². The van der Waals surface area contributed by atoms with E-state index in [1.165, 1.54) is 12.1 Å². The second-order valence-corrected chi connectivity index (χ2v) is 5.37. The molecule has 0 spiro atoms. The summed E-state index contributed by atoms with van der Waals surface area (Å²) in [6, 6.07) is 4.44. The van der Waals surface area contributed by atoms with Gasteiger partial charge in [-0.05, 0) is 28.9 Å². The summed E-state index contributed by atoms with van der Waals surface area (Å²) in [5, 5.41) is 23.7. The maximum atomic E-state index is 10.6. The van der Waals surface area contributed by atoms with Gasteiger partial charge in [0.25, 0.3) is 5.69 Å². The second-order valence-electron chi connectivity index (χ2n) is 4.51. The SMILES string of the molecule is COCC[C@@](C)(O)CNc1ccc([N+](=O)[O-])cc1Br. The Morgan fingerprint density at radius 3 is 2.79 bits per heavy atom. The molecule has 0 radical (unpaired) electrons. The monoisotopic (exact) mass is 332 g/mol. The fourth-order valence-corrected chi connectivity index (χ4v) is 1.96. The van der Waals surface area contributed by atoms with Gasteiger partial charge in [0.1, 0.15) is 0 Å². The van der Waals surface area contributed by atoms with Gasteiger partial charge in [-0.2, -0.15) is 0 Å². The number of non-ortho nitro benzene ring substituents is 1. The molecule has 0 saturated carbocycles. The number of aliphatic hydroxyl groups is 1. The molecule has 2 N–H and O–H groups in total. The summed E-state index contributed by atoms with van der Waals surface area (Å²) in [6.07, 6.45) is 0.501. The van der Waals surface area contributed by atoms with Crippen molar-refractivity contribution in [3.05, 3.63) is 32.8 Å². The first-order chi connectivity index (χ1) is 8.85. The highest BCUT2D eigenvalue weighted by molar-refractivity contribution is 9.10. The van der Waals surface area contributed by atoms with Crippen molar-refractivity contribution in [2.45, 2.75) is 18.9 Å². The molecular weight excluding hydrogens is 316 g/mol. The highest BCUT2D eigenvalue weighted by Gasteiger charge is 2.20. The smallest absolute Gasteiger partial charge is 0.270 e. The van der Waals surface area contributed by atoms with Gasteiger partial charge in [-0.15, -0.1) is 0 Å². The van der Waals surface area contributed by atoms with Crippen molar-refractivity contribution in [2.24, 2.45) is 0 Å². The van der Waals surface area contributed by atoms with Gasteiger partial charge >= 0.3 is 0 Å². The number of nitro benzene ring substituents is 1. The number of nitrogens with one attached hydrogen (secondary N) is 1. The van der Waals surface area contributed by atoms with Crippen LogP contribution in [0.5, 0.6) is 0 Å².